The van der Waals surface area contributed by atoms with Crippen molar-refractivity contribution in [2.75, 3.05) is 0 Å². The Labute approximate surface area is 161 Å². The quantitative estimate of drug-likeness (QED) is 0.614. The van der Waals surface area contributed by atoms with Crippen LogP contribution in [0.1, 0.15) is 38.1 Å². The molecule has 0 bridgehead atoms. The number of aromatic nitrogens is 3. The summed E-state index contributed by atoms with van der Waals surface area (Å²) in [5.41, 5.74) is 1.95. The Morgan fingerprint density at radius 3 is 1.68 bits per heavy atom. The highest BCUT2D eigenvalue weighted by Gasteiger charge is 2.14. The van der Waals surface area contributed by atoms with Gasteiger partial charge in [0.2, 0.25) is 0 Å². The van der Waals surface area contributed by atoms with Crippen LogP contribution in [0.2, 0.25) is 0 Å². The predicted molar refractivity (Wildman–Crippen MR) is 99.6 cm³/mol. The van der Waals surface area contributed by atoms with Crippen LogP contribution in [0.5, 0.6) is 0 Å². The fraction of sp³-hybridized carbons (Fsp3) is 0.150. The molecule has 0 aromatic carbocycles. The van der Waals surface area contributed by atoms with Crippen LogP contribution in [0.4, 0.5) is 0 Å². The SMILES string of the molecule is O=C(O)c1cccc(CN(Cc2ccccn2)Cc2cccc(C(=O)O)n2)n1. The van der Waals surface area contributed by atoms with Crippen LogP contribution in [0.15, 0.2) is 60.8 Å². The second kappa shape index (κ2) is 8.83. The molecule has 142 valence electrons. The highest BCUT2D eigenvalue weighted by atomic mass is 16.4. The van der Waals surface area contributed by atoms with E-state index in [1.54, 1.807) is 30.5 Å². The number of carboxylic acids is 2. The third-order valence-electron chi connectivity index (χ3n) is 3.93. The van der Waals surface area contributed by atoms with Gasteiger partial charge in [-0.05, 0) is 36.4 Å². The summed E-state index contributed by atoms with van der Waals surface area (Å²) in [5, 5.41) is 18.3. The number of hydrogen-bond donors (Lipinski definition) is 2. The molecular formula is C20H18N4O4. The molecule has 0 atom stereocenters. The largest absolute Gasteiger partial charge is 0.477 e. The van der Waals surface area contributed by atoms with Crippen LogP contribution in [-0.4, -0.2) is 42.0 Å². The molecule has 28 heavy (non-hydrogen) atoms. The van der Waals surface area contributed by atoms with E-state index in [9.17, 15) is 9.59 Å². The first-order chi connectivity index (χ1) is 13.5. The topological polar surface area (TPSA) is 117 Å². The Balaban J connectivity index is 1.84. The van der Waals surface area contributed by atoms with Gasteiger partial charge in [-0.2, -0.15) is 0 Å². The first-order valence-electron chi connectivity index (χ1n) is 8.52. The molecule has 0 aliphatic rings. The molecule has 3 heterocycles. The number of aromatic carboxylic acids is 2. The van der Waals surface area contributed by atoms with Gasteiger partial charge in [0, 0.05) is 25.8 Å². The summed E-state index contributed by atoms with van der Waals surface area (Å²) >= 11 is 0. The molecule has 0 saturated heterocycles. The molecule has 3 aromatic heterocycles. The van der Waals surface area contributed by atoms with Crippen LogP contribution >= 0.6 is 0 Å². The van der Waals surface area contributed by atoms with Gasteiger partial charge in [0.05, 0.1) is 17.1 Å². The predicted octanol–water partition coefficient (Wildman–Crippen LogP) is 2.47. The third-order valence-corrected chi connectivity index (χ3v) is 3.93. The van der Waals surface area contributed by atoms with Crippen molar-refractivity contribution in [1.82, 2.24) is 19.9 Å². The number of nitrogens with zero attached hydrogens (tertiary/aromatic N) is 4. The van der Waals surface area contributed by atoms with Gasteiger partial charge in [0.25, 0.3) is 0 Å². The van der Waals surface area contributed by atoms with Gasteiger partial charge in [0.15, 0.2) is 0 Å². The molecule has 0 aliphatic heterocycles. The van der Waals surface area contributed by atoms with Gasteiger partial charge in [-0.25, -0.2) is 19.6 Å². The Morgan fingerprint density at radius 2 is 1.21 bits per heavy atom. The maximum absolute atomic E-state index is 11.2. The first-order valence-corrected chi connectivity index (χ1v) is 8.52. The molecule has 8 nitrogen and oxygen atoms in total. The van der Waals surface area contributed by atoms with Gasteiger partial charge in [-0.1, -0.05) is 18.2 Å². The minimum absolute atomic E-state index is 0.0266. The number of hydrogen-bond acceptors (Lipinski definition) is 6. The molecule has 0 saturated carbocycles. The molecule has 3 rings (SSSR count). The van der Waals surface area contributed by atoms with Crippen molar-refractivity contribution in [3.8, 4) is 0 Å². The monoisotopic (exact) mass is 378 g/mol. The lowest BCUT2D eigenvalue weighted by Crippen LogP contribution is -2.24. The van der Waals surface area contributed by atoms with Crippen LogP contribution in [0.3, 0.4) is 0 Å². The minimum Gasteiger partial charge on any atom is -0.477 e. The standard InChI is InChI=1S/C20H18N4O4/c25-19(26)17-8-3-6-15(22-17)12-24(11-14-5-1-2-10-21-14)13-16-7-4-9-18(23-16)20(27)28/h1-10H,11-13H2,(H,25,26)(H,27,28). The normalized spacial score (nSPS) is 10.8. The Kier molecular flexibility index (Phi) is 6.03. The number of carboxylic acid groups (broad SMARTS) is 2. The van der Waals surface area contributed by atoms with E-state index in [1.165, 1.54) is 12.1 Å². The second-order valence-corrected chi connectivity index (χ2v) is 6.10. The van der Waals surface area contributed by atoms with E-state index in [0.717, 1.165) is 5.69 Å². The highest BCUT2D eigenvalue weighted by Crippen LogP contribution is 2.12. The summed E-state index contributed by atoms with van der Waals surface area (Å²) < 4.78 is 0. The van der Waals surface area contributed by atoms with Gasteiger partial charge >= 0.3 is 11.9 Å². The molecule has 3 aromatic rings. The summed E-state index contributed by atoms with van der Waals surface area (Å²) in [4.78, 5) is 37.0. The zero-order chi connectivity index (χ0) is 19.9. The van der Waals surface area contributed by atoms with E-state index in [-0.39, 0.29) is 11.4 Å². The van der Waals surface area contributed by atoms with Gasteiger partial charge < -0.3 is 10.2 Å². The van der Waals surface area contributed by atoms with E-state index in [0.29, 0.717) is 31.0 Å². The summed E-state index contributed by atoms with van der Waals surface area (Å²) in [7, 11) is 0. The molecule has 0 amide bonds. The fourth-order valence-corrected chi connectivity index (χ4v) is 2.72. The number of rotatable bonds is 8. The van der Waals surface area contributed by atoms with Crippen molar-refractivity contribution in [2.45, 2.75) is 19.6 Å². The van der Waals surface area contributed by atoms with Gasteiger partial charge in [-0.15, -0.1) is 0 Å². The molecule has 0 unspecified atom stereocenters. The Hall–Kier alpha value is -3.65. The molecule has 0 radical (unpaired) electrons. The van der Waals surface area contributed by atoms with E-state index in [4.69, 9.17) is 10.2 Å². The van der Waals surface area contributed by atoms with Crippen molar-refractivity contribution in [3.63, 3.8) is 0 Å². The highest BCUT2D eigenvalue weighted by molar-refractivity contribution is 5.85. The summed E-state index contributed by atoms with van der Waals surface area (Å²) in [6.07, 6.45) is 1.69. The summed E-state index contributed by atoms with van der Waals surface area (Å²) in [6, 6.07) is 15.3. The van der Waals surface area contributed by atoms with E-state index < -0.39 is 11.9 Å². The average Bonchev–Trinajstić information content (AvgIpc) is 2.69. The molecule has 8 heteroatoms. The van der Waals surface area contributed by atoms with E-state index >= 15 is 0 Å². The van der Waals surface area contributed by atoms with Crippen LogP contribution in [0, 0.1) is 0 Å². The number of carbonyl (C=O) groups is 2. The van der Waals surface area contributed by atoms with E-state index in [1.807, 2.05) is 23.1 Å². The summed E-state index contributed by atoms with van der Waals surface area (Å²) in [5.74, 6) is -2.18. The lowest BCUT2D eigenvalue weighted by atomic mass is 10.2. The van der Waals surface area contributed by atoms with Crippen molar-refractivity contribution in [2.24, 2.45) is 0 Å². The Bertz CT molecular complexity index is 919. The molecular weight excluding hydrogens is 360 g/mol. The van der Waals surface area contributed by atoms with Crippen LogP contribution in [0.25, 0.3) is 0 Å². The van der Waals surface area contributed by atoms with Gasteiger partial charge in [-0.3, -0.25) is 9.88 Å². The fourth-order valence-electron chi connectivity index (χ4n) is 2.72. The van der Waals surface area contributed by atoms with Crippen LogP contribution in [-0.2, 0) is 19.6 Å². The van der Waals surface area contributed by atoms with Gasteiger partial charge in [0.1, 0.15) is 11.4 Å². The number of pyridine rings is 3. The first kappa shape index (κ1) is 19.1. The van der Waals surface area contributed by atoms with Crippen molar-refractivity contribution in [3.05, 3.63) is 89.3 Å². The lowest BCUT2D eigenvalue weighted by Gasteiger charge is -2.21. The van der Waals surface area contributed by atoms with Crippen molar-refractivity contribution < 1.29 is 19.8 Å². The zero-order valence-electron chi connectivity index (χ0n) is 14.9. The van der Waals surface area contributed by atoms with Crippen molar-refractivity contribution >= 4 is 11.9 Å². The third kappa shape index (κ3) is 5.18. The lowest BCUT2D eigenvalue weighted by molar-refractivity contribution is 0.0679. The molecule has 0 aliphatic carbocycles. The maximum Gasteiger partial charge on any atom is 0.354 e. The maximum atomic E-state index is 11.2. The molecule has 2 N–H and O–H groups in total. The van der Waals surface area contributed by atoms with Crippen molar-refractivity contribution in [1.29, 1.82) is 0 Å². The molecule has 0 spiro atoms. The summed E-state index contributed by atoms with van der Waals surface area (Å²) in [6.45, 7) is 1.19. The van der Waals surface area contributed by atoms with E-state index in [2.05, 4.69) is 15.0 Å². The molecule has 0 fully saturated rings. The van der Waals surface area contributed by atoms with Crippen LogP contribution < -0.4 is 0 Å². The average molecular weight is 378 g/mol. The minimum atomic E-state index is -1.09. The Morgan fingerprint density at radius 1 is 0.714 bits per heavy atom. The smallest absolute Gasteiger partial charge is 0.354 e. The zero-order valence-corrected chi connectivity index (χ0v) is 14.9. The second-order valence-electron chi connectivity index (χ2n) is 6.10.